The molecule has 0 aliphatic carbocycles. The second-order valence-electron chi connectivity index (χ2n) is 6.07. The molecule has 0 unspecified atom stereocenters. The number of rotatable bonds is 5. The molecule has 126 valence electrons. The minimum absolute atomic E-state index is 0.829. The van der Waals surface area contributed by atoms with E-state index in [0.717, 1.165) is 25.5 Å². The molecule has 0 aliphatic heterocycles. The number of aromatic amines is 1. The number of guanidine groups is 1. The molecule has 1 aromatic carbocycles. The van der Waals surface area contributed by atoms with Gasteiger partial charge in [0.1, 0.15) is 0 Å². The fraction of sp³-hybridized carbons (Fsp3) is 0.316. The highest BCUT2D eigenvalue weighted by atomic mass is 15.3. The Morgan fingerprint density at radius 3 is 2.79 bits per heavy atom. The lowest BCUT2D eigenvalue weighted by molar-refractivity contribution is 0.462. The number of benzene rings is 1. The van der Waals surface area contributed by atoms with Gasteiger partial charge in [0.05, 0.1) is 6.54 Å². The van der Waals surface area contributed by atoms with E-state index in [0.29, 0.717) is 0 Å². The van der Waals surface area contributed by atoms with Crippen molar-refractivity contribution in [2.75, 3.05) is 20.6 Å². The smallest absolute Gasteiger partial charge is 0.193 e. The summed E-state index contributed by atoms with van der Waals surface area (Å²) in [7, 11) is 5.95. The van der Waals surface area contributed by atoms with E-state index in [1.54, 1.807) is 0 Å². The van der Waals surface area contributed by atoms with Gasteiger partial charge >= 0.3 is 0 Å². The Balaban J connectivity index is 1.55. The van der Waals surface area contributed by atoms with Gasteiger partial charge in [-0.2, -0.15) is 0 Å². The molecule has 2 heterocycles. The normalized spacial score (nSPS) is 11.9. The van der Waals surface area contributed by atoms with E-state index >= 15 is 0 Å². The zero-order valence-electron chi connectivity index (χ0n) is 14.6. The summed E-state index contributed by atoms with van der Waals surface area (Å²) in [5.74, 6) is 0.910. The van der Waals surface area contributed by atoms with Gasteiger partial charge in [0.15, 0.2) is 5.96 Å². The summed E-state index contributed by atoms with van der Waals surface area (Å²) in [6.45, 7) is 1.67. The van der Waals surface area contributed by atoms with Gasteiger partial charge in [-0.3, -0.25) is 4.99 Å². The first-order chi connectivity index (χ1) is 11.7. The van der Waals surface area contributed by atoms with Gasteiger partial charge in [-0.25, -0.2) is 0 Å². The number of nitrogens with zero attached hydrogens (tertiary/aromatic N) is 3. The zero-order chi connectivity index (χ0) is 16.9. The zero-order valence-corrected chi connectivity index (χ0v) is 14.6. The number of aromatic nitrogens is 2. The van der Waals surface area contributed by atoms with Crippen molar-refractivity contribution < 1.29 is 0 Å². The van der Waals surface area contributed by atoms with Crippen LogP contribution in [-0.2, 0) is 20.0 Å². The van der Waals surface area contributed by atoms with E-state index in [4.69, 9.17) is 0 Å². The van der Waals surface area contributed by atoms with Crippen LogP contribution < -0.4 is 5.32 Å². The maximum absolute atomic E-state index is 4.38. The number of H-pyrrole nitrogens is 1. The summed E-state index contributed by atoms with van der Waals surface area (Å²) >= 11 is 0. The highest BCUT2D eigenvalue weighted by Crippen LogP contribution is 2.14. The van der Waals surface area contributed by atoms with Gasteiger partial charge in [-0.1, -0.05) is 18.2 Å². The number of fused-ring (bicyclic) bond motifs is 1. The van der Waals surface area contributed by atoms with Gasteiger partial charge in [-0.15, -0.1) is 0 Å². The van der Waals surface area contributed by atoms with Crippen molar-refractivity contribution in [3.63, 3.8) is 0 Å². The van der Waals surface area contributed by atoms with Gasteiger partial charge < -0.3 is 19.8 Å². The molecule has 24 heavy (non-hydrogen) atoms. The van der Waals surface area contributed by atoms with Crippen molar-refractivity contribution in [1.82, 2.24) is 19.8 Å². The van der Waals surface area contributed by atoms with Crippen LogP contribution in [0, 0.1) is 0 Å². The van der Waals surface area contributed by atoms with E-state index in [2.05, 4.69) is 87.5 Å². The second-order valence-corrected chi connectivity index (χ2v) is 6.07. The van der Waals surface area contributed by atoms with Gasteiger partial charge in [-0.05, 0) is 29.7 Å². The summed E-state index contributed by atoms with van der Waals surface area (Å²) < 4.78 is 2.13. The predicted octanol–water partition coefficient (Wildman–Crippen LogP) is 2.76. The number of hydrogen-bond acceptors (Lipinski definition) is 1. The largest absolute Gasteiger partial charge is 0.358 e. The number of nitrogens with one attached hydrogen (secondary N) is 2. The molecular weight excluding hydrogens is 298 g/mol. The molecule has 0 bridgehead atoms. The average molecular weight is 323 g/mol. The molecule has 3 rings (SSSR count). The Bertz CT molecular complexity index is 794. The van der Waals surface area contributed by atoms with Crippen LogP contribution in [0.15, 0.2) is 53.7 Å². The maximum Gasteiger partial charge on any atom is 0.193 e. The van der Waals surface area contributed by atoms with Crippen molar-refractivity contribution in [3.8, 4) is 0 Å². The first-order valence-electron chi connectivity index (χ1n) is 8.26. The van der Waals surface area contributed by atoms with E-state index in [9.17, 15) is 0 Å². The summed E-state index contributed by atoms with van der Waals surface area (Å²) in [4.78, 5) is 9.99. The Kier molecular flexibility index (Phi) is 4.89. The third-order valence-electron chi connectivity index (χ3n) is 4.29. The fourth-order valence-electron chi connectivity index (χ4n) is 2.94. The average Bonchev–Trinajstić information content (AvgIpc) is 3.17. The topological polar surface area (TPSA) is 48.4 Å². The van der Waals surface area contributed by atoms with Crippen LogP contribution in [0.5, 0.6) is 0 Å². The third kappa shape index (κ3) is 3.62. The maximum atomic E-state index is 4.38. The molecule has 0 saturated heterocycles. The molecule has 5 nitrogen and oxygen atoms in total. The first kappa shape index (κ1) is 16.2. The van der Waals surface area contributed by atoms with Crippen LogP contribution in [-0.4, -0.2) is 41.1 Å². The van der Waals surface area contributed by atoms with Gasteiger partial charge in [0.2, 0.25) is 0 Å². The predicted molar refractivity (Wildman–Crippen MR) is 100 cm³/mol. The highest BCUT2D eigenvalue weighted by molar-refractivity contribution is 5.80. The molecule has 0 radical (unpaired) electrons. The number of hydrogen-bond donors (Lipinski definition) is 2. The first-order valence-corrected chi connectivity index (χ1v) is 8.26. The summed E-state index contributed by atoms with van der Waals surface area (Å²) in [6, 6.07) is 14.8. The Morgan fingerprint density at radius 1 is 1.25 bits per heavy atom. The third-order valence-corrected chi connectivity index (χ3v) is 4.29. The molecule has 3 aromatic rings. The molecule has 5 heteroatoms. The van der Waals surface area contributed by atoms with Crippen LogP contribution in [0.3, 0.4) is 0 Å². The number of aliphatic imine (C=N–C) groups is 1. The van der Waals surface area contributed by atoms with Gasteiger partial charge in [0, 0.05) is 57.2 Å². The molecule has 2 N–H and O–H groups in total. The van der Waals surface area contributed by atoms with E-state index in [1.807, 2.05) is 7.05 Å². The Labute approximate surface area is 143 Å². The van der Waals surface area contributed by atoms with Crippen LogP contribution in [0.4, 0.5) is 0 Å². The van der Waals surface area contributed by atoms with Crippen molar-refractivity contribution in [1.29, 1.82) is 0 Å². The standard InChI is InChI=1S/C19H25N5/c1-20-19(24(3)14-17-8-6-12-23(17)2)21-11-10-16-13-15-7-4-5-9-18(15)22-16/h4-9,12-13,22H,10-11,14H2,1-3H3,(H,20,21). The molecular formula is C19H25N5. The van der Waals surface area contributed by atoms with Crippen molar-refractivity contribution in [2.45, 2.75) is 13.0 Å². The molecule has 0 aliphatic rings. The molecule has 0 saturated carbocycles. The van der Waals surface area contributed by atoms with Crippen LogP contribution in [0.25, 0.3) is 10.9 Å². The monoisotopic (exact) mass is 323 g/mol. The highest BCUT2D eigenvalue weighted by Gasteiger charge is 2.08. The molecule has 0 fully saturated rings. The van der Waals surface area contributed by atoms with Crippen molar-refractivity contribution in [2.24, 2.45) is 12.0 Å². The Morgan fingerprint density at radius 2 is 2.08 bits per heavy atom. The molecule has 0 atom stereocenters. The number of aryl methyl sites for hydroxylation is 1. The van der Waals surface area contributed by atoms with Crippen LogP contribution in [0.1, 0.15) is 11.4 Å². The van der Waals surface area contributed by atoms with Gasteiger partial charge in [0.25, 0.3) is 0 Å². The van der Waals surface area contributed by atoms with E-state index in [-0.39, 0.29) is 0 Å². The number of para-hydroxylation sites is 1. The Hall–Kier alpha value is -2.69. The lowest BCUT2D eigenvalue weighted by Crippen LogP contribution is -2.39. The fourth-order valence-corrected chi connectivity index (χ4v) is 2.94. The quantitative estimate of drug-likeness (QED) is 0.560. The lowest BCUT2D eigenvalue weighted by atomic mass is 10.2. The summed E-state index contributed by atoms with van der Waals surface area (Å²) in [5, 5.41) is 4.70. The SMILES string of the molecule is CN=C(NCCc1cc2ccccc2[nH]1)N(C)Cc1cccn1C. The summed E-state index contributed by atoms with van der Waals surface area (Å²) in [5.41, 5.74) is 3.69. The minimum atomic E-state index is 0.829. The van der Waals surface area contributed by atoms with Crippen molar-refractivity contribution >= 4 is 16.9 Å². The van der Waals surface area contributed by atoms with Crippen molar-refractivity contribution in [3.05, 3.63) is 60.0 Å². The minimum Gasteiger partial charge on any atom is -0.358 e. The van der Waals surface area contributed by atoms with Crippen LogP contribution >= 0.6 is 0 Å². The molecule has 2 aromatic heterocycles. The van der Waals surface area contributed by atoms with E-state index in [1.165, 1.54) is 22.3 Å². The molecule has 0 amide bonds. The molecule has 0 spiro atoms. The lowest BCUT2D eigenvalue weighted by Gasteiger charge is -2.22. The van der Waals surface area contributed by atoms with E-state index < -0.39 is 0 Å². The second kappa shape index (κ2) is 7.25. The van der Waals surface area contributed by atoms with Crippen LogP contribution in [0.2, 0.25) is 0 Å². The summed E-state index contributed by atoms with van der Waals surface area (Å²) in [6.07, 6.45) is 3.00.